The number of amides is 1. The first-order chi connectivity index (χ1) is 38.0. The molecule has 0 bridgehead atoms. The SMILES string of the molecule is CC(C)Sc1ccccc1NC1=C(Cl)CN=C(N)N1.COc1cc(C(=O)NCCOCCOCCOCCN(N)/C=C(\N)CN2CCCCC2)ccc1NCC#Cc1cc2c(NC3CCN(C)CC3)cccc2n1CC(F)(F)F. The van der Waals surface area contributed by atoms with Crippen molar-refractivity contribution >= 4 is 63.2 Å². The lowest BCUT2D eigenvalue weighted by molar-refractivity contribution is -0.140. The number of para-hydroxylation sites is 1. The van der Waals surface area contributed by atoms with E-state index in [0.29, 0.717) is 109 Å². The number of aromatic nitrogens is 1. The van der Waals surface area contributed by atoms with E-state index in [1.54, 1.807) is 59.4 Å². The van der Waals surface area contributed by atoms with Crippen molar-refractivity contribution in [1.29, 1.82) is 0 Å². The number of thioether (sulfide) groups is 1. The fraction of sp³-hybridized carbons (Fsp3) is 0.500. The van der Waals surface area contributed by atoms with Crippen LogP contribution < -0.4 is 48.6 Å². The molecule has 3 aliphatic heterocycles. The lowest BCUT2D eigenvalue weighted by atomic mass is 10.0. The highest BCUT2D eigenvalue weighted by molar-refractivity contribution is 8.00. The minimum atomic E-state index is -4.42. The summed E-state index contributed by atoms with van der Waals surface area (Å²) >= 11 is 7.94. The van der Waals surface area contributed by atoms with Gasteiger partial charge in [0.25, 0.3) is 5.91 Å². The third-order valence-electron chi connectivity index (χ3n) is 12.8. The molecule has 0 saturated carbocycles. The van der Waals surface area contributed by atoms with Gasteiger partial charge < -0.3 is 71.5 Å². The van der Waals surface area contributed by atoms with Gasteiger partial charge in [-0.25, -0.2) is 10.8 Å². The van der Waals surface area contributed by atoms with Crippen LogP contribution in [0.25, 0.3) is 10.9 Å². The second-order valence-corrected chi connectivity index (χ2v) is 21.6. The van der Waals surface area contributed by atoms with Gasteiger partial charge in [-0.3, -0.25) is 9.69 Å². The van der Waals surface area contributed by atoms with Gasteiger partial charge in [-0.1, -0.05) is 56.0 Å². The van der Waals surface area contributed by atoms with Gasteiger partial charge in [0, 0.05) is 57.8 Å². The van der Waals surface area contributed by atoms with Crippen molar-refractivity contribution in [3.05, 3.63) is 101 Å². The van der Waals surface area contributed by atoms with Crippen molar-refractivity contribution in [1.82, 2.24) is 30.0 Å². The lowest BCUT2D eigenvalue weighted by Crippen LogP contribution is -2.37. The maximum atomic E-state index is 13.7. The van der Waals surface area contributed by atoms with Crippen molar-refractivity contribution in [2.45, 2.75) is 74.9 Å². The third-order valence-corrected chi connectivity index (χ3v) is 14.2. The molecule has 7 rings (SSSR count). The number of hydrogen-bond acceptors (Lipinski definition) is 17. The molecule has 3 aliphatic rings. The Balaban J connectivity index is 0.000000444. The molecule has 432 valence electrons. The number of guanidine groups is 1. The molecule has 0 radical (unpaired) electrons. The molecule has 3 aromatic carbocycles. The Morgan fingerprint density at radius 1 is 0.949 bits per heavy atom. The van der Waals surface area contributed by atoms with Crippen LogP contribution in [0.4, 0.5) is 30.2 Å². The Labute approximate surface area is 472 Å². The number of likely N-dealkylation sites (tertiary alicyclic amines) is 2. The number of fused-ring (bicyclic) bond motifs is 1. The van der Waals surface area contributed by atoms with E-state index in [1.165, 1.54) is 35.8 Å². The summed E-state index contributed by atoms with van der Waals surface area (Å²) in [4.78, 5) is 22.6. The predicted octanol–water partition coefficient (Wildman–Crippen LogP) is 7.35. The molecule has 1 amide bonds. The van der Waals surface area contributed by atoms with E-state index >= 15 is 0 Å². The summed E-state index contributed by atoms with van der Waals surface area (Å²) in [6.45, 7) is 11.7. The molecule has 4 heterocycles. The lowest BCUT2D eigenvalue weighted by Gasteiger charge is -2.30. The number of hydrogen-bond donors (Lipinski definition) is 8. The maximum absolute atomic E-state index is 13.7. The van der Waals surface area contributed by atoms with Crippen LogP contribution in [0.15, 0.2) is 99.4 Å². The third kappa shape index (κ3) is 21.5. The van der Waals surface area contributed by atoms with Crippen molar-refractivity contribution in [3.8, 4) is 17.6 Å². The number of piperidine rings is 2. The highest BCUT2D eigenvalue weighted by Gasteiger charge is 2.30. The summed E-state index contributed by atoms with van der Waals surface area (Å²) in [5.74, 6) is 13.1. The first kappa shape index (κ1) is 62.2. The molecule has 23 heteroatoms. The highest BCUT2D eigenvalue weighted by atomic mass is 35.5. The van der Waals surface area contributed by atoms with Crippen LogP contribution in [0.1, 0.15) is 62.0 Å². The topological polar surface area (TPSA) is 219 Å². The fourth-order valence-corrected chi connectivity index (χ4v) is 9.93. The number of nitrogens with two attached hydrogens (primary N) is 3. The molecule has 0 spiro atoms. The molecule has 1 aromatic heterocycles. The van der Waals surface area contributed by atoms with E-state index in [-0.39, 0.29) is 24.2 Å². The van der Waals surface area contributed by atoms with E-state index in [9.17, 15) is 18.0 Å². The summed E-state index contributed by atoms with van der Waals surface area (Å²) in [6.07, 6.45) is 2.97. The number of alkyl halides is 3. The summed E-state index contributed by atoms with van der Waals surface area (Å²) in [5.41, 5.74) is 16.1. The normalized spacial score (nSPS) is 15.6. The van der Waals surface area contributed by atoms with Gasteiger partial charge in [-0.05, 0) is 113 Å². The van der Waals surface area contributed by atoms with E-state index in [0.717, 1.165) is 62.6 Å². The Hall–Kier alpha value is -6.03. The van der Waals surface area contributed by atoms with Crippen LogP contribution >= 0.6 is 23.4 Å². The van der Waals surface area contributed by atoms with Crippen LogP contribution in [0.3, 0.4) is 0 Å². The maximum Gasteiger partial charge on any atom is 0.406 e. The molecular formula is C56H79ClF3N13O5S. The smallest absolute Gasteiger partial charge is 0.406 e. The average molecular weight is 1140 g/mol. The first-order valence-electron chi connectivity index (χ1n) is 26.8. The average Bonchev–Trinajstić information content (AvgIpc) is 3.89. The minimum absolute atomic E-state index is 0.129. The Morgan fingerprint density at radius 3 is 2.38 bits per heavy atom. The van der Waals surface area contributed by atoms with Crippen molar-refractivity contribution in [3.63, 3.8) is 0 Å². The number of rotatable bonds is 26. The van der Waals surface area contributed by atoms with Crippen molar-refractivity contribution < 1.29 is 36.9 Å². The van der Waals surface area contributed by atoms with Crippen molar-refractivity contribution in [2.24, 2.45) is 22.3 Å². The molecule has 0 aliphatic carbocycles. The number of benzene rings is 3. The number of ether oxygens (including phenoxy) is 4. The zero-order chi connectivity index (χ0) is 56.6. The Kier molecular flexibility index (Phi) is 25.4. The molecule has 4 aromatic rings. The monoisotopic (exact) mass is 1140 g/mol. The van der Waals surface area contributed by atoms with E-state index in [1.807, 2.05) is 24.3 Å². The molecule has 11 N–H and O–H groups in total. The van der Waals surface area contributed by atoms with Gasteiger partial charge in [0.1, 0.15) is 18.1 Å². The van der Waals surface area contributed by atoms with Gasteiger partial charge in [0.15, 0.2) is 5.96 Å². The second-order valence-electron chi connectivity index (χ2n) is 19.5. The quantitative estimate of drug-likeness (QED) is 0.0101. The number of nitrogens with zero attached hydrogens (tertiary/aromatic N) is 5. The summed E-state index contributed by atoms with van der Waals surface area (Å²) in [6, 6.07) is 20.4. The largest absolute Gasteiger partial charge is 0.495 e. The number of carbonyl (C=O) groups is 1. The van der Waals surface area contributed by atoms with E-state index < -0.39 is 12.7 Å². The van der Waals surface area contributed by atoms with Crippen molar-refractivity contribution in [2.75, 3.05) is 129 Å². The second kappa shape index (κ2) is 32.3. The standard InChI is InChI=1S/C43H62F3N9O5.C13H17ClN4S/c1-52-19-13-35(14-20-52)51-38-9-6-10-40-37(38)29-36(55(40)32-43(44,45)46)8-7-15-49-39-12-11-33(28-41(39)57-2)42(56)50-16-22-58-24-26-60-27-25-59-23-21-54(48)31-34(47)30-53-17-4-3-5-18-53;1-8(2)19-11-6-4-3-5-10(11)17-12-9(14)7-16-13(15)18-12/h6,9-12,28-29,31,35,49,51H,3-5,13-27,30,32,47-48H2,1-2H3,(H,50,56);3-6,8,17H,7H2,1-2H3,(H3,15,16,18)/b34-31-;. The summed E-state index contributed by atoms with van der Waals surface area (Å²) in [5, 5.41) is 19.2. The van der Waals surface area contributed by atoms with Gasteiger partial charge in [0.2, 0.25) is 0 Å². The number of aliphatic imine (C=N–C) groups is 1. The fourth-order valence-electron chi connectivity index (χ4n) is 8.86. The van der Waals surface area contributed by atoms with Gasteiger partial charge in [0.05, 0.1) is 94.0 Å². The van der Waals surface area contributed by atoms with Crippen LogP contribution in [0, 0.1) is 11.8 Å². The number of nitrogens with one attached hydrogen (secondary N) is 5. The number of halogens is 4. The van der Waals surface area contributed by atoms with Crippen LogP contribution in [0.5, 0.6) is 5.75 Å². The summed E-state index contributed by atoms with van der Waals surface area (Å²) in [7, 11) is 3.57. The molecule has 0 atom stereocenters. The Bertz CT molecular complexity index is 2720. The highest BCUT2D eigenvalue weighted by Crippen LogP contribution is 2.33. The number of hydrazine groups is 1. The number of methoxy groups -OCH3 is 1. The summed E-state index contributed by atoms with van der Waals surface area (Å²) < 4.78 is 64.6. The van der Waals surface area contributed by atoms with Crippen LogP contribution in [-0.4, -0.2) is 161 Å². The number of anilines is 3. The van der Waals surface area contributed by atoms with Gasteiger partial charge >= 0.3 is 6.18 Å². The molecule has 18 nitrogen and oxygen atoms in total. The molecule has 2 saturated heterocycles. The van der Waals surface area contributed by atoms with Crippen LogP contribution in [0.2, 0.25) is 0 Å². The zero-order valence-corrected chi connectivity index (χ0v) is 47.4. The molecular weight excluding hydrogens is 1060 g/mol. The van der Waals surface area contributed by atoms with Gasteiger partial charge in [-0.15, -0.1) is 11.8 Å². The molecule has 0 unspecified atom stereocenters. The van der Waals surface area contributed by atoms with E-state index in [4.69, 9.17) is 47.9 Å². The first-order valence-corrected chi connectivity index (χ1v) is 28.1. The minimum Gasteiger partial charge on any atom is -0.495 e. The zero-order valence-electron chi connectivity index (χ0n) is 45.9. The number of carbonyl (C=O) groups excluding carboxylic acids is 1. The van der Waals surface area contributed by atoms with Gasteiger partial charge in [-0.2, -0.15) is 13.2 Å². The molecule has 2 fully saturated rings. The predicted molar refractivity (Wildman–Crippen MR) is 312 cm³/mol. The molecule has 79 heavy (non-hydrogen) atoms. The Morgan fingerprint density at radius 2 is 1.66 bits per heavy atom. The van der Waals surface area contributed by atoms with Crippen LogP contribution in [-0.2, 0) is 20.8 Å². The van der Waals surface area contributed by atoms with E-state index in [2.05, 4.69) is 80.2 Å².